The molecule has 0 bridgehead atoms. The van der Waals surface area contributed by atoms with Gasteiger partial charge in [0.25, 0.3) is 0 Å². The molecular weight excluding hydrogens is 395 g/mol. The number of nitrogens with one attached hydrogen (secondary N) is 1. The molecule has 1 aromatic carbocycles. The quantitative estimate of drug-likeness (QED) is 0.537. The van der Waals surface area contributed by atoms with Crippen molar-refractivity contribution in [1.29, 1.82) is 0 Å². The van der Waals surface area contributed by atoms with E-state index in [1.807, 2.05) is 0 Å². The average molecular weight is 405 g/mol. The van der Waals surface area contributed by atoms with Gasteiger partial charge >= 0.3 is 5.76 Å². The van der Waals surface area contributed by atoms with E-state index in [1.54, 1.807) is 36.5 Å². The fourth-order valence-corrected chi connectivity index (χ4v) is 2.78. The van der Waals surface area contributed by atoms with Crippen molar-refractivity contribution in [2.75, 3.05) is 5.32 Å². The molecular formula is C15H10Cl2N8O2. The Labute approximate surface area is 161 Å². The number of aromatic nitrogens is 7. The maximum absolute atomic E-state index is 11.7. The Bertz CT molecular complexity index is 1150. The average Bonchev–Trinajstić information content (AvgIpc) is 3.31. The summed E-state index contributed by atoms with van der Waals surface area (Å²) in [5.74, 6) is 0.0375. The zero-order valence-corrected chi connectivity index (χ0v) is 15.0. The van der Waals surface area contributed by atoms with Crippen LogP contribution in [0.3, 0.4) is 0 Å². The number of anilines is 1. The van der Waals surface area contributed by atoms with Crippen molar-refractivity contribution in [2.45, 2.75) is 6.54 Å². The molecule has 10 nitrogen and oxygen atoms in total. The number of hydrogen-bond donors (Lipinski definition) is 1. The number of pyridine rings is 1. The van der Waals surface area contributed by atoms with Gasteiger partial charge in [0.05, 0.1) is 15.7 Å². The highest BCUT2D eigenvalue weighted by atomic mass is 35.5. The van der Waals surface area contributed by atoms with Gasteiger partial charge in [-0.2, -0.15) is 4.68 Å². The van der Waals surface area contributed by atoms with Gasteiger partial charge in [-0.1, -0.05) is 40.4 Å². The summed E-state index contributed by atoms with van der Waals surface area (Å²) in [4.78, 5) is 15.9. The maximum Gasteiger partial charge on any atom is 0.443 e. The van der Waals surface area contributed by atoms with E-state index < -0.39 is 5.76 Å². The molecule has 4 rings (SSSR count). The normalized spacial score (nSPS) is 10.9. The molecule has 12 heteroatoms. The lowest BCUT2D eigenvalue weighted by atomic mass is 10.2. The fourth-order valence-electron chi connectivity index (χ4n) is 2.40. The molecule has 0 radical (unpaired) electrons. The molecule has 3 aromatic heterocycles. The summed E-state index contributed by atoms with van der Waals surface area (Å²) in [5, 5.41) is 19.2. The van der Waals surface area contributed by atoms with Gasteiger partial charge in [0.15, 0.2) is 5.82 Å². The first-order chi connectivity index (χ1) is 13.1. The van der Waals surface area contributed by atoms with Crippen molar-refractivity contribution in [3.05, 3.63) is 69.1 Å². The first-order valence-electron chi connectivity index (χ1n) is 7.59. The van der Waals surface area contributed by atoms with Crippen LogP contribution in [0.15, 0.2) is 52.1 Å². The highest BCUT2D eigenvalue weighted by molar-refractivity contribution is 6.43. The van der Waals surface area contributed by atoms with E-state index in [0.717, 1.165) is 11.1 Å². The van der Waals surface area contributed by atoms with Crippen molar-refractivity contribution in [1.82, 2.24) is 35.0 Å². The van der Waals surface area contributed by atoms with Crippen molar-refractivity contribution >= 4 is 29.2 Å². The SMILES string of the molecule is O=c1ocnn1-c1ncccc1CNc1nnnn1-c1cccc(Cl)c1Cl. The lowest BCUT2D eigenvalue weighted by Crippen LogP contribution is -2.18. The van der Waals surface area contributed by atoms with Crippen molar-refractivity contribution < 1.29 is 4.42 Å². The number of rotatable bonds is 5. The molecule has 0 atom stereocenters. The fraction of sp³-hybridized carbons (Fsp3) is 0.0667. The summed E-state index contributed by atoms with van der Waals surface area (Å²) >= 11 is 12.3. The van der Waals surface area contributed by atoms with Crippen LogP contribution in [0.4, 0.5) is 5.95 Å². The minimum absolute atomic E-state index is 0.265. The molecule has 0 aliphatic rings. The largest absolute Gasteiger partial charge is 0.443 e. The molecule has 1 N–H and O–H groups in total. The highest BCUT2D eigenvalue weighted by Gasteiger charge is 2.15. The molecule has 136 valence electrons. The van der Waals surface area contributed by atoms with Crippen molar-refractivity contribution in [3.8, 4) is 11.5 Å². The van der Waals surface area contributed by atoms with E-state index >= 15 is 0 Å². The lowest BCUT2D eigenvalue weighted by Gasteiger charge is -2.10. The van der Waals surface area contributed by atoms with Crippen LogP contribution in [-0.2, 0) is 6.54 Å². The molecule has 3 heterocycles. The Morgan fingerprint density at radius 1 is 1.15 bits per heavy atom. The monoisotopic (exact) mass is 404 g/mol. The molecule has 0 fully saturated rings. The third kappa shape index (κ3) is 3.27. The van der Waals surface area contributed by atoms with Gasteiger partial charge in [-0.3, -0.25) is 0 Å². The summed E-state index contributed by atoms with van der Waals surface area (Å²) in [6.07, 6.45) is 2.60. The highest BCUT2D eigenvalue weighted by Crippen LogP contribution is 2.29. The minimum Gasteiger partial charge on any atom is -0.395 e. The Kier molecular flexibility index (Phi) is 4.57. The smallest absolute Gasteiger partial charge is 0.395 e. The molecule has 0 amide bonds. The van der Waals surface area contributed by atoms with Crippen LogP contribution in [0.1, 0.15) is 5.56 Å². The number of benzene rings is 1. The van der Waals surface area contributed by atoms with Crippen LogP contribution in [0.25, 0.3) is 11.5 Å². The second kappa shape index (κ2) is 7.17. The molecule has 27 heavy (non-hydrogen) atoms. The number of halogens is 2. The van der Waals surface area contributed by atoms with Crippen molar-refractivity contribution in [2.24, 2.45) is 0 Å². The molecule has 0 spiro atoms. The summed E-state index contributed by atoms with van der Waals surface area (Å²) in [6.45, 7) is 0.265. The number of nitrogens with zero attached hydrogens (tertiary/aromatic N) is 7. The minimum atomic E-state index is -0.634. The van der Waals surface area contributed by atoms with E-state index in [-0.39, 0.29) is 6.54 Å². The van der Waals surface area contributed by atoms with E-state index in [9.17, 15) is 4.79 Å². The molecule has 0 saturated carbocycles. The standard InChI is InChI=1S/C15H10Cl2N8O2/c16-10-4-1-5-11(12(10)17)24-14(21-22-23-24)19-7-9-3-2-6-18-13(9)25-15(26)27-8-20-25/h1-6,8H,7H2,(H,19,21,23). The zero-order valence-electron chi connectivity index (χ0n) is 13.5. The summed E-state index contributed by atoms with van der Waals surface area (Å²) in [6, 6.07) is 8.67. The first-order valence-corrected chi connectivity index (χ1v) is 8.34. The number of tetrazole rings is 1. The predicted octanol–water partition coefficient (Wildman–Crippen LogP) is 2.12. The van der Waals surface area contributed by atoms with Crippen LogP contribution < -0.4 is 11.1 Å². The van der Waals surface area contributed by atoms with Crippen LogP contribution in [0.2, 0.25) is 10.0 Å². The Morgan fingerprint density at radius 3 is 2.85 bits per heavy atom. The Morgan fingerprint density at radius 2 is 2.04 bits per heavy atom. The van der Waals surface area contributed by atoms with Gasteiger partial charge in [0.2, 0.25) is 12.3 Å². The summed E-state index contributed by atoms with van der Waals surface area (Å²) in [5.41, 5.74) is 1.20. The van der Waals surface area contributed by atoms with Gasteiger partial charge in [-0.25, -0.2) is 9.78 Å². The van der Waals surface area contributed by atoms with E-state index in [1.165, 1.54) is 4.68 Å². The van der Waals surface area contributed by atoms with E-state index in [4.69, 9.17) is 27.6 Å². The molecule has 0 aliphatic carbocycles. The second-order valence-corrected chi connectivity index (χ2v) is 6.03. The van der Waals surface area contributed by atoms with Crippen LogP contribution in [0.5, 0.6) is 0 Å². The zero-order chi connectivity index (χ0) is 18.8. The van der Waals surface area contributed by atoms with E-state index in [0.29, 0.717) is 33.1 Å². The molecule has 4 aromatic rings. The van der Waals surface area contributed by atoms with Crippen LogP contribution in [0, 0.1) is 0 Å². The van der Waals surface area contributed by atoms with E-state index in [2.05, 4.69) is 30.9 Å². The summed E-state index contributed by atoms with van der Waals surface area (Å²) in [7, 11) is 0. The second-order valence-electron chi connectivity index (χ2n) is 5.24. The Balaban J connectivity index is 1.64. The van der Waals surface area contributed by atoms with Gasteiger partial charge < -0.3 is 9.73 Å². The topological polar surface area (TPSA) is 117 Å². The predicted molar refractivity (Wildman–Crippen MR) is 96.4 cm³/mol. The maximum atomic E-state index is 11.7. The summed E-state index contributed by atoms with van der Waals surface area (Å²) < 4.78 is 7.18. The third-order valence-corrected chi connectivity index (χ3v) is 4.43. The number of hydrogen-bond acceptors (Lipinski definition) is 8. The first kappa shape index (κ1) is 17.2. The van der Waals surface area contributed by atoms with Gasteiger partial charge in [0.1, 0.15) is 0 Å². The van der Waals surface area contributed by atoms with Crippen LogP contribution in [-0.4, -0.2) is 35.0 Å². The molecule has 0 saturated heterocycles. The van der Waals surface area contributed by atoms with Gasteiger partial charge in [-0.05, 0) is 28.6 Å². The van der Waals surface area contributed by atoms with Crippen molar-refractivity contribution in [3.63, 3.8) is 0 Å². The van der Waals surface area contributed by atoms with Gasteiger partial charge in [-0.15, -0.1) is 9.78 Å². The van der Waals surface area contributed by atoms with Crippen LogP contribution >= 0.6 is 23.2 Å². The lowest BCUT2D eigenvalue weighted by molar-refractivity contribution is 0.502. The van der Waals surface area contributed by atoms with Gasteiger partial charge in [0, 0.05) is 18.3 Å². The molecule has 0 unspecified atom stereocenters. The molecule has 0 aliphatic heterocycles. The Hall–Kier alpha value is -3.24. The third-order valence-electron chi connectivity index (χ3n) is 3.62.